The number of carbonyl (C=O) groups is 1. The van der Waals surface area contributed by atoms with Gasteiger partial charge in [-0.25, -0.2) is 0 Å². The molecule has 1 aromatic heterocycles. The molecule has 0 radical (unpaired) electrons. The lowest BCUT2D eigenvalue weighted by atomic mass is 9.94. The second-order valence-corrected chi connectivity index (χ2v) is 10.4. The van der Waals surface area contributed by atoms with Gasteiger partial charge in [0.2, 0.25) is 0 Å². The van der Waals surface area contributed by atoms with Crippen LogP contribution < -0.4 is 4.74 Å². The summed E-state index contributed by atoms with van der Waals surface area (Å²) in [6.45, 7) is 2.74. The van der Waals surface area contributed by atoms with Crippen LogP contribution in [-0.4, -0.2) is 27.2 Å². The van der Waals surface area contributed by atoms with Crippen LogP contribution in [0.1, 0.15) is 71.1 Å². The second-order valence-electron chi connectivity index (χ2n) is 10.4. The molecule has 0 bridgehead atoms. The first kappa shape index (κ1) is 29.1. The van der Waals surface area contributed by atoms with Gasteiger partial charge in [-0.05, 0) is 31.4 Å². The number of para-hydroxylation sites is 1. The first-order chi connectivity index (χ1) is 19.7. The maximum Gasteiger partial charge on any atom is 0.306 e. The number of ether oxygens (including phenoxy) is 1. The fourth-order valence-corrected chi connectivity index (χ4v) is 5.19. The Hall–Kier alpha value is -3.86. The molecule has 1 N–H and O–H groups in total. The van der Waals surface area contributed by atoms with Crippen LogP contribution in [0.2, 0.25) is 0 Å². The Balaban J connectivity index is 1.43. The molecule has 40 heavy (non-hydrogen) atoms. The summed E-state index contributed by atoms with van der Waals surface area (Å²) < 4.78 is 8.47. The summed E-state index contributed by atoms with van der Waals surface area (Å²) in [5.41, 5.74) is 5.03. The number of carboxylic acids is 1. The summed E-state index contributed by atoms with van der Waals surface area (Å²) in [4.78, 5) is 16.7. The van der Waals surface area contributed by atoms with Crippen LogP contribution in [0.3, 0.4) is 0 Å². The molecular weight excluding hydrogens is 496 g/mol. The maximum atomic E-state index is 11.6. The Morgan fingerprint density at radius 2 is 1.30 bits per heavy atom. The number of rotatable bonds is 17. The molecule has 5 heteroatoms. The minimum atomic E-state index is -0.643. The number of aromatic nitrogens is 2. The largest absolute Gasteiger partial charge is 0.481 e. The summed E-state index contributed by atoms with van der Waals surface area (Å²) in [6, 6.07) is 31.4. The van der Waals surface area contributed by atoms with Crippen LogP contribution in [0, 0.1) is 5.92 Å². The molecule has 0 saturated carbocycles. The van der Waals surface area contributed by atoms with E-state index in [9.17, 15) is 9.90 Å². The highest BCUT2D eigenvalue weighted by atomic mass is 16.5. The van der Waals surface area contributed by atoms with E-state index in [2.05, 4.69) is 47.9 Å². The molecule has 0 aliphatic rings. The lowest BCUT2D eigenvalue weighted by Gasteiger charge is -2.14. The molecule has 3 aromatic carbocycles. The number of nitrogens with zero attached hydrogens (tertiary/aromatic N) is 2. The third-order valence-corrected chi connectivity index (χ3v) is 7.39. The Kier molecular flexibility index (Phi) is 11.4. The van der Waals surface area contributed by atoms with Crippen LogP contribution in [0.25, 0.3) is 28.2 Å². The van der Waals surface area contributed by atoms with Crippen molar-refractivity contribution in [2.45, 2.75) is 71.1 Å². The van der Waals surface area contributed by atoms with E-state index in [-0.39, 0.29) is 5.92 Å². The molecule has 1 atom stereocenters. The number of hydrogen-bond acceptors (Lipinski definition) is 3. The van der Waals surface area contributed by atoms with Crippen molar-refractivity contribution in [2.75, 3.05) is 6.61 Å². The quantitative estimate of drug-likeness (QED) is 0.136. The number of hydrogen-bond donors (Lipinski definition) is 1. The van der Waals surface area contributed by atoms with Crippen molar-refractivity contribution in [2.24, 2.45) is 5.92 Å². The van der Waals surface area contributed by atoms with Crippen LogP contribution in [0.15, 0.2) is 91.0 Å². The van der Waals surface area contributed by atoms with Gasteiger partial charge in [-0.1, -0.05) is 131 Å². The van der Waals surface area contributed by atoms with E-state index >= 15 is 0 Å². The number of benzene rings is 3. The predicted molar refractivity (Wildman–Crippen MR) is 163 cm³/mol. The lowest BCUT2D eigenvalue weighted by Crippen LogP contribution is -2.13. The molecule has 0 spiro atoms. The monoisotopic (exact) mass is 538 g/mol. The van der Waals surface area contributed by atoms with Crippen molar-refractivity contribution in [1.82, 2.24) is 9.55 Å². The van der Waals surface area contributed by atoms with Gasteiger partial charge in [0.25, 0.3) is 0 Å². The molecule has 1 heterocycles. The fourth-order valence-electron chi connectivity index (χ4n) is 5.19. The fraction of sp³-hybridized carbons (Fsp3) is 0.371. The van der Waals surface area contributed by atoms with Gasteiger partial charge in [0.1, 0.15) is 5.69 Å². The summed E-state index contributed by atoms with van der Waals surface area (Å²) in [5, 5.41) is 9.58. The SMILES string of the molecule is CCCCCCC(CCCCCCOc1nc(-c2ccccc2)c(-c2ccccc2)n1-c1ccccc1)C(=O)O. The normalized spacial score (nSPS) is 11.8. The first-order valence-corrected chi connectivity index (χ1v) is 14.8. The number of carboxylic acid groups (broad SMARTS) is 1. The van der Waals surface area contributed by atoms with E-state index in [0.717, 1.165) is 79.6 Å². The topological polar surface area (TPSA) is 64.4 Å². The average Bonchev–Trinajstić information content (AvgIpc) is 3.38. The van der Waals surface area contributed by atoms with Gasteiger partial charge < -0.3 is 9.84 Å². The molecule has 5 nitrogen and oxygen atoms in total. The maximum absolute atomic E-state index is 11.6. The molecule has 210 valence electrons. The predicted octanol–water partition coefficient (Wildman–Crippen LogP) is 9.21. The van der Waals surface area contributed by atoms with Crippen molar-refractivity contribution in [3.05, 3.63) is 91.0 Å². The van der Waals surface area contributed by atoms with Crippen molar-refractivity contribution in [3.63, 3.8) is 0 Å². The van der Waals surface area contributed by atoms with Crippen molar-refractivity contribution >= 4 is 5.97 Å². The van der Waals surface area contributed by atoms with Gasteiger partial charge in [-0.15, -0.1) is 0 Å². The van der Waals surface area contributed by atoms with Crippen molar-refractivity contribution in [3.8, 4) is 34.2 Å². The van der Waals surface area contributed by atoms with E-state index < -0.39 is 5.97 Å². The molecule has 1 unspecified atom stereocenters. The van der Waals surface area contributed by atoms with Crippen LogP contribution in [-0.2, 0) is 4.79 Å². The highest BCUT2D eigenvalue weighted by molar-refractivity contribution is 5.81. The van der Waals surface area contributed by atoms with Crippen molar-refractivity contribution in [1.29, 1.82) is 0 Å². The van der Waals surface area contributed by atoms with E-state index in [4.69, 9.17) is 9.72 Å². The molecule has 0 fully saturated rings. The Labute approximate surface area is 238 Å². The molecule has 0 saturated heterocycles. The first-order valence-electron chi connectivity index (χ1n) is 14.8. The summed E-state index contributed by atoms with van der Waals surface area (Å²) in [7, 11) is 0. The van der Waals surface area contributed by atoms with Gasteiger partial charge in [0, 0.05) is 11.1 Å². The van der Waals surface area contributed by atoms with E-state index in [1.54, 1.807) is 0 Å². The standard InChI is InChI=1S/C35H42N2O3/c1-2-3-4-10-23-30(34(38)39)24-11-5-6-18-27-40-35-36-32(28-19-12-7-13-20-28)33(29-21-14-8-15-22-29)37(35)31-25-16-9-17-26-31/h7-9,12-17,19-22,25-26,30H,2-6,10-11,18,23-24,27H2,1H3,(H,38,39). The Morgan fingerprint density at radius 3 is 1.90 bits per heavy atom. The minimum absolute atomic E-state index is 0.209. The highest BCUT2D eigenvalue weighted by Gasteiger charge is 2.22. The number of aliphatic carboxylic acids is 1. The lowest BCUT2D eigenvalue weighted by molar-refractivity contribution is -0.142. The Morgan fingerprint density at radius 1 is 0.750 bits per heavy atom. The molecule has 0 amide bonds. The summed E-state index contributed by atoms with van der Waals surface area (Å²) >= 11 is 0. The highest BCUT2D eigenvalue weighted by Crippen LogP contribution is 2.37. The van der Waals surface area contributed by atoms with Gasteiger partial charge in [-0.2, -0.15) is 4.98 Å². The minimum Gasteiger partial charge on any atom is -0.481 e. The third-order valence-electron chi connectivity index (χ3n) is 7.39. The van der Waals surface area contributed by atoms with E-state index in [0.29, 0.717) is 12.6 Å². The number of imidazole rings is 1. The zero-order valence-electron chi connectivity index (χ0n) is 23.7. The van der Waals surface area contributed by atoms with Crippen LogP contribution >= 0.6 is 0 Å². The van der Waals surface area contributed by atoms with Crippen LogP contribution in [0.4, 0.5) is 0 Å². The van der Waals surface area contributed by atoms with E-state index in [1.807, 2.05) is 54.6 Å². The summed E-state index contributed by atoms with van der Waals surface area (Å²) in [5.74, 6) is -0.852. The van der Waals surface area contributed by atoms with Gasteiger partial charge in [0.15, 0.2) is 0 Å². The van der Waals surface area contributed by atoms with E-state index in [1.165, 1.54) is 12.8 Å². The zero-order valence-corrected chi connectivity index (χ0v) is 23.7. The third kappa shape index (κ3) is 8.08. The Bertz CT molecular complexity index is 1290. The van der Waals surface area contributed by atoms with Gasteiger partial charge in [0.05, 0.1) is 23.9 Å². The zero-order chi connectivity index (χ0) is 28.0. The van der Waals surface area contributed by atoms with Gasteiger partial charge in [-0.3, -0.25) is 9.36 Å². The molecule has 0 aliphatic carbocycles. The smallest absolute Gasteiger partial charge is 0.306 e. The van der Waals surface area contributed by atoms with Gasteiger partial charge >= 0.3 is 12.0 Å². The molecule has 4 aromatic rings. The molecule has 0 aliphatic heterocycles. The second kappa shape index (κ2) is 15.7. The number of unbranched alkanes of at least 4 members (excludes halogenated alkanes) is 6. The van der Waals surface area contributed by atoms with Crippen LogP contribution in [0.5, 0.6) is 6.01 Å². The average molecular weight is 539 g/mol. The molecular formula is C35H42N2O3. The van der Waals surface area contributed by atoms with Crippen molar-refractivity contribution < 1.29 is 14.6 Å². The summed E-state index contributed by atoms with van der Waals surface area (Å²) in [6.07, 6.45) is 9.94. The molecule has 4 rings (SSSR count).